The Morgan fingerprint density at radius 3 is 2.86 bits per heavy atom. The Hall–Kier alpha value is -2.69. The number of benzene rings is 2. The van der Waals surface area contributed by atoms with E-state index in [4.69, 9.17) is 0 Å². The van der Waals surface area contributed by atoms with Crippen LogP contribution in [0, 0.1) is 12.8 Å². The van der Waals surface area contributed by atoms with Gasteiger partial charge in [-0.3, -0.25) is 4.79 Å². The molecule has 5 nitrogen and oxygen atoms in total. The minimum Gasteiger partial charge on any atom is -0.384 e. The predicted molar refractivity (Wildman–Crippen MR) is 87.0 cm³/mol. The van der Waals surface area contributed by atoms with Crippen molar-refractivity contribution in [3.63, 3.8) is 0 Å². The molecule has 0 saturated carbocycles. The van der Waals surface area contributed by atoms with E-state index in [1.54, 1.807) is 0 Å². The second-order valence-corrected chi connectivity index (χ2v) is 5.48. The SMILES string of the molecule is Cc1cccc(NCC(C)C(=O)n2nnc3ccccc32)c1. The lowest BCUT2D eigenvalue weighted by molar-refractivity contribution is 0.0838. The Bertz CT molecular complexity index is 809. The number of rotatable bonds is 4. The van der Waals surface area contributed by atoms with Crippen LogP contribution in [0.1, 0.15) is 17.3 Å². The number of nitrogens with zero attached hydrogens (tertiary/aromatic N) is 3. The molecular weight excluding hydrogens is 276 g/mol. The quantitative estimate of drug-likeness (QED) is 0.803. The Labute approximate surface area is 129 Å². The van der Waals surface area contributed by atoms with Crippen LogP contribution in [0.3, 0.4) is 0 Å². The molecule has 3 rings (SSSR count). The Morgan fingerprint density at radius 2 is 2.05 bits per heavy atom. The zero-order valence-electron chi connectivity index (χ0n) is 12.7. The number of carbonyl (C=O) groups excluding carboxylic acids is 1. The highest BCUT2D eigenvalue weighted by Crippen LogP contribution is 2.14. The molecule has 1 N–H and O–H groups in total. The van der Waals surface area contributed by atoms with Crippen LogP contribution in [-0.2, 0) is 0 Å². The molecule has 0 aliphatic carbocycles. The van der Waals surface area contributed by atoms with Gasteiger partial charge in [-0.1, -0.05) is 36.4 Å². The lowest BCUT2D eigenvalue weighted by Crippen LogP contribution is -2.26. The van der Waals surface area contributed by atoms with Gasteiger partial charge in [-0.2, -0.15) is 4.68 Å². The van der Waals surface area contributed by atoms with Gasteiger partial charge in [-0.15, -0.1) is 5.10 Å². The molecule has 3 aromatic rings. The molecule has 1 atom stereocenters. The molecule has 112 valence electrons. The summed E-state index contributed by atoms with van der Waals surface area (Å²) in [4.78, 5) is 12.5. The van der Waals surface area contributed by atoms with Gasteiger partial charge in [-0.25, -0.2) is 0 Å². The standard InChI is InChI=1S/C17H18N4O/c1-12-6-5-7-14(10-12)18-11-13(2)17(22)21-16-9-4-3-8-15(16)19-20-21/h3-10,13,18H,11H2,1-2H3. The summed E-state index contributed by atoms with van der Waals surface area (Å²) >= 11 is 0. The highest BCUT2D eigenvalue weighted by Gasteiger charge is 2.18. The molecule has 2 aromatic carbocycles. The van der Waals surface area contributed by atoms with E-state index in [2.05, 4.69) is 21.7 Å². The lowest BCUT2D eigenvalue weighted by atomic mass is 10.1. The van der Waals surface area contributed by atoms with Crippen LogP contribution in [0.25, 0.3) is 11.0 Å². The number of hydrogen-bond donors (Lipinski definition) is 1. The van der Waals surface area contributed by atoms with Crippen molar-refractivity contribution < 1.29 is 4.79 Å². The number of aromatic nitrogens is 3. The average Bonchev–Trinajstić information content (AvgIpc) is 2.96. The van der Waals surface area contributed by atoms with Crippen LogP contribution in [-0.4, -0.2) is 27.4 Å². The summed E-state index contributed by atoms with van der Waals surface area (Å²) in [6, 6.07) is 15.6. The molecule has 0 fully saturated rings. The van der Waals surface area contributed by atoms with Gasteiger partial charge in [0, 0.05) is 12.2 Å². The molecular formula is C17H18N4O. The summed E-state index contributed by atoms with van der Waals surface area (Å²) in [6.07, 6.45) is 0. The van der Waals surface area contributed by atoms with Gasteiger partial charge in [0.1, 0.15) is 5.52 Å². The molecule has 0 bridgehead atoms. The molecule has 5 heteroatoms. The first kappa shape index (κ1) is 14.3. The highest BCUT2D eigenvalue weighted by molar-refractivity contribution is 5.90. The largest absolute Gasteiger partial charge is 0.384 e. The highest BCUT2D eigenvalue weighted by atomic mass is 16.2. The van der Waals surface area contributed by atoms with E-state index in [0.29, 0.717) is 6.54 Å². The van der Waals surface area contributed by atoms with Crippen molar-refractivity contribution in [2.24, 2.45) is 5.92 Å². The smallest absolute Gasteiger partial charge is 0.253 e. The van der Waals surface area contributed by atoms with Crippen LogP contribution in [0.5, 0.6) is 0 Å². The number of para-hydroxylation sites is 1. The number of nitrogens with one attached hydrogen (secondary N) is 1. The van der Waals surface area contributed by atoms with Crippen LogP contribution >= 0.6 is 0 Å². The zero-order valence-corrected chi connectivity index (χ0v) is 12.7. The van der Waals surface area contributed by atoms with Gasteiger partial charge < -0.3 is 5.32 Å². The van der Waals surface area contributed by atoms with Gasteiger partial charge in [0.15, 0.2) is 0 Å². The number of carbonyl (C=O) groups is 1. The Balaban J connectivity index is 1.72. The molecule has 0 aliphatic heterocycles. The topological polar surface area (TPSA) is 59.8 Å². The van der Waals surface area contributed by atoms with Gasteiger partial charge >= 0.3 is 0 Å². The van der Waals surface area contributed by atoms with Gasteiger partial charge in [0.05, 0.1) is 11.4 Å². The van der Waals surface area contributed by atoms with Crippen LogP contribution in [0.15, 0.2) is 48.5 Å². The molecule has 0 saturated heterocycles. The first-order valence-electron chi connectivity index (χ1n) is 7.30. The van der Waals surface area contributed by atoms with Crippen LogP contribution < -0.4 is 5.32 Å². The maximum atomic E-state index is 12.5. The van der Waals surface area contributed by atoms with Gasteiger partial charge in [0.25, 0.3) is 5.91 Å². The van der Waals surface area contributed by atoms with Gasteiger partial charge in [0.2, 0.25) is 0 Å². The van der Waals surface area contributed by atoms with E-state index >= 15 is 0 Å². The molecule has 1 heterocycles. The zero-order chi connectivity index (χ0) is 15.5. The van der Waals surface area contributed by atoms with E-state index in [1.807, 2.05) is 56.3 Å². The number of aryl methyl sites for hydroxylation is 1. The van der Waals surface area contributed by atoms with E-state index in [9.17, 15) is 4.79 Å². The van der Waals surface area contributed by atoms with Crippen LogP contribution in [0.4, 0.5) is 5.69 Å². The van der Waals surface area contributed by atoms with Crippen molar-refractivity contribution in [1.29, 1.82) is 0 Å². The van der Waals surface area contributed by atoms with Crippen molar-refractivity contribution in [2.45, 2.75) is 13.8 Å². The molecule has 0 aliphatic rings. The third-order valence-corrected chi connectivity index (χ3v) is 3.61. The second-order valence-electron chi connectivity index (χ2n) is 5.48. The molecule has 0 radical (unpaired) electrons. The Kier molecular flexibility index (Phi) is 3.87. The van der Waals surface area contributed by atoms with E-state index in [1.165, 1.54) is 10.2 Å². The summed E-state index contributed by atoms with van der Waals surface area (Å²) in [5.41, 5.74) is 3.68. The first-order chi connectivity index (χ1) is 10.6. The monoisotopic (exact) mass is 294 g/mol. The van der Waals surface area contributed by atoms with Crippen molar-refractivity contribution in [3.05, 3.63) is 54.1 Å². The lowest BCUT2D eigenvalue weighted by Gasteiger charge is -2.13. The summed E-state index contributed by atoms with van der Waals surface area (Å²) in [7, 11) is 0. The minimum absolute atomic E-state index is 0.0612. The van der Waals surface area contributed by atoms with Crippen molar-refractivity contribution in [1.82, 2.24) is 15.0 Å². The van der Waals surface area contributed by atoms with Crippen molar-refractivity contribution in [2.75, 3.05) is 11.9 Å². The van der Waals surface area contributed by atoms with E-state index in [-0.39, 0.29) is 11.8 Å². The number of hydrogen-bond acceptors (Lipinski definition) is 4. The number of fused-ring (bicyclic) bond motifs is 1. The summed E-state index contributed by atoms with van der Waals surface area (Å²) in [5.74, 6) is -0.264. The normalized spacial score (nSPS) is 12.3. The predicted octanol–water partition coefficient (Wildman–Crippen LogP) is 3.13. The summed E-state index contributed by atoms with van der Waals surface area (Å²) in [5, 5.41) is 11.3. The summed E-state index contributed by atoms with van der Waals surface area (Å²) in [6.45, 7) is 4.49. The number of anilines is 1. The van der Waals surface area contributed by atoms with E-state index in [0.717, 1.165) is 16.7 Å². The van der Waals surface area contributed by atoms with E-state index < -0.39 is 0 Å². The Morgan fingerprint density at radius 1 is 1.23 bits per heavy atom. The fourth-order valence-corrected chi connectivity index (χ4v) is 2.35. The van der Waals surface area contributed by atoms with Crippen molar-refractivity contribution >= 4 is 22.6 Å². The second kappa shape index (κ2) is 5.97. The summed E-state index contributed by atoms with van der Waals surface area (Å²) < 4.78 is 1.39. The third kappa shape index (κ3) is 2.83. The maximum absolute atomic E-state index is 12.5. The first-order valence-corrected chi connectivity index (χ1v) is 7.30. The van der Waals surface area contributed by atoms with Crippen molar-refractivity contribution in [3.8, 4) is 0 Å². The molecule has 0 spiro atoms. The molecule has 0 amide bonds. The van der Waals surface area contributed by atoms with Gasteiger partial charge in [-0.05, 0) is 36.8 Å². The fraction of sp³-hybridized carbons (Fsp3) is 0.235. The molecule has 1 aromatic heterocycles. The molecule has 1 unspecified atom stereocenters. The molecule has 22 heavy (non-hydrogen) atoms. The minimum atomic E-state index is -0.203. The maximum Gasteiger partial charge on any atom is 0.253 e. The van der Waals surface area contributed by atoms with Crippen LogP contribution in [0.2, 0.25) is 0 Å². The average molecular weight is 294 g/mol. The fourth-order valence-electron chi connectivity index (χ4n) is 2.35. The third-order valence-electron chi connectivity index (χ3n) is 3.61.